The summed E-state index contributed by atoms with van der Waals surface area (Å²) in [5, 5.41) is 43.7. The van der Waals surface area contributed by atoms with E-state index in [4.69, 9.17) is 100 Å². The number of carbonyl (C=O) groups is 1. The summed E-state index contributed by atoms with van der Waals surface area (Å²) >= 11 is 0. The third-order valence-corrected chi connectivity index (χ3v) is 23.9. The van der Waals surface area contributed by atoms with Crippen molar-refractivity contribution in [1.29, 1.82) is 0 Å². The number of ether oxygens (including phenoxy) is 8. The van der Waals surface area contributed by atoms with E-state index in [1.54, 1.807) is 60.7 Å². The maximum atomic E-state index is 15.8. The Kier molecular flexibility index (Phi) is 24.4. The molecule has 51 heteroatoms. The van der Waals surface area contributed by atoms with E-state index in [0.717, 1.165) is 38.8 Å². The molecule has 4 unspecified atom stereocenters. The van der Waals surface area contributed by atoms with Crippen LogP contribution in [0.25, 0.3) is 0 Å². The number of hydrogen-bond acceptors (Lipinski definition) is 36. The third-order valence-electron chi connectivity index (χ3n) is 19.0. The Bertz CT molecular complexity index is 6180. The van der Waals surface area contributed by atoms with Crippen LogP contribution in [0.15, 0.2) is 144 Å². The van der Waals surface area contributed by atoms with Gasteiger partial charge in [0.25, 0.3) is 22.6 Å². The van der Waals surface area contributed by atoms with Crippen LogP contribution in [0.4, 0.5) is 17.6 Å². The molecule has 3 aromatic heterocycles. The molecule has 672 valence electrons. The molecule has 4 saturated heterocycles. The predicted octanol–water partition coefficient (Wildman–Crippen LogP) is 6.91. The van der Waals surface area contributed by atoms with Gasteiger partial charge in [-0.25, -0.2) is 50.2 Å². The average molecular weight is 1840 g/mol. The van der Waals surface area contributed by atoms with Crippen LogP contribution in [0.3, 0.4) is 0 Å². The lowest BCUT2D eigenvalue weighted by molar-refractivity contribution is -0.184. The number of aliphatic hydroxyl groups is 4. The number of rotatable bonds is 20. The van der Waals surface area contributed by atoms with Crippen molar-refractivity contribution in [2.75, 3.05) is 54.8 Å². The van der Waals surface area contributed by atoms with Gasteiger partial charge >= 0.3 is 48.4 Å². The van der Waals surface area contributed by atoms with Gasteiger partial charge in [0, 0.05) is 95.0 Å². The number of H-pyrrole nitrogens is 3. The second-order valence-electron chi connectivity index (χ2n) is 28.1. The number of para-hydroxylation sites is 4. The predicted molar refractivity (Wildman–Crippen MR) is 412 cm³/mol. The Morgan fingerprint density at radius 2 is 0.766 bits per heavy atom. The number of halogens is 4. The van der Waals surface area contributed by atoms with Gasteiger partial charge in [-0.3, -0.25) is 84.0 Å². The zero-order valence-electron chi connectivity index (χ0n) is 72.0. The van der Waals surface area contributed by atoms with Crippen LogP contribution in [-0.2, 0) is 105 Å². The first-order valence-corrected chi connectivity index (χ1v) is 42.4. The molecule has 12 heterocycles. The molecule has 9 aliphatic rings. The zero-order chi connectivity index (χ0) is 95.0. The largest absolute Gasteiger partial charge is 0.530 e. The van der Waals surface area contributed by atoms with Crippen LogP contribution in [0, 0.1) is 20.8 Å². The second kappa shape index (κ2) is 36.2. The van der Waals surface area contributed by atoms with E-state index in [1.165, 1.54) is 68.3 Å². The van der Waals surface area contributed by atoms with Crippen molar-refractivity contribution in [3.05, 3.63) is 217 Å². The molecule has 4 fully saturated rings. The van der Waals surface area contributed by atoms with Gasteiger partial charge in [0.2, 0.25) is 23.4 Å². The van der Waals surface area contributed by atoms with Gasteiger partial charge in [-0.2, -0.15) is 0 Å². The van der Waals surface area contributed by atoms with Gasteiger partial charge in [-0.1, -0.05) is 55.1 Å². The van der Waals surface area contributed by atoms with E-state index in [2.05, 4.69) is 16.9 Å². The molecule has 8 N–H and O–H groups in total. The fourth-order valence-corrected chi connectivity index (χ4v) is 17.5. The molecule has 16 rings (SSSR count). The highest BCUT2D eigenvalue weighted by molar-refractivity contribution is 7.49. The lowest BCUT2D eigenvalue weighted by Gasteiger charge is -2.34. The number of aliphatic hydroxyl groups excluding tert-OH is 4. The first-order chi connectivity index (χ1) is 60.7. The van der Waals surface area contributed by atoms with Crippen LogP contribution in [0.1, 0.15) is 98.4 Å². The van der Waals surface area contributed by atoms with Crippen molar-refractivity contribution in [2.24, 2.45) is 0 Å². The third kappa shape index (κ3) is 20.1. The Balaban J connectivity index is 0.000000148. The normalized spacial score (nSPS) is 32.8. The van der Waals surface area contributed by atoms with Crippen LogP contribution >= 0.6 is 31.3 Å². The highest BCUT2D eigenvalue weighted by atomic mass is 31.2. The molecule has 0 saturated carbocycles. The lowest BCUT2D eigenvalue weighted by Crippen LogP contribution is -2.46. The van der Waals surface area contributed by atoms with E-state index in [-0.39, 0.29) is 94.8 Å². The quantitative estimate of drug-likeness (QED) is 0.0284. The molecule has 9 aliphatic heterocycles. The molecule has 1 amide bonds. The Labute approximate surface area is 705 Å². The van der Waals surface area contributed by atoms with Gasteiger partial charge in [0.05, 0.1) is 63.1 Å². The second-order valence-corrected chi connectivity index (χ2v) is 34.3. The first kappa shape index (κ1) is 83.6. The van der Waals surface area contributed by atoms with E-state index in [0.29, 0.717) is 32.6 Å². The number of phosphoric ester groups is 4. The molecular weight excluding hydrogens is 1750 g/mol. The molecular formula is C73H82F4N8O35P4. The Morgan fingerprint density at radius 1 is 0.460 bits per heavy atom. The summed E-state index contributed by atoms with van der Waals surface area (Å²) in [6.45, 7) is -0.653. The Morgan fingerprint density at radius 3 is 1.15 bits per heavy atom. The number of carbonyl (C=O) groups excluding carboxylic acids is 1. The summed E-state index contributed by atoms with van der Waals surface area (Å²) in [6.07, 6.45) is -14.5. The number of aromatic amines is 3. The van der Waals surface area contributed by atoms with E-state index in [9.17, 15) is 72.2 Å². The standard InChI is InChI=1S/C19H22FN2O8P.3C18H20FN2O9P/c1-11-8-22(12(2)21-17(11)24)18-14(23)7-19(20,29-18)10-28-31(25)27-9-13-5-4-6-15(26-3)16(13)30-31;3*1-10-7-21(17(24)20-15(10)23)16-12(22)6-18(19,29-16)9-28-31(25)27-8-11-4-3-5-13(26-2)14(11)30-31/h4-6,8,14,18,23H,2,7,9-10H2,1,3H3,(H,21,24);3*3-5,7,12,16,22H,6,8-9H2,1-2H3,(H,20,23,24)/t14-,18-,19+,31?;3*12-,16-,18+,31?/m1111/s1/i10D2,18D;16D;9D2;. The van der Waals surface area contributed by atoms with E-state index < -0.39 is 196 Å². The van der Waals surface area contributed by atoms with Crippen molar-refractivity contribution in [1.82, 2.24) is 38.9 Å². The molecule has 4 aromatic carbocycles. The van der Waals surface area contributed by atoms with Crippen molar-refractivity contribution in [3.63, 3.8) is 0 Å². The van der Waals surface area contributed by atoms with Crippen LogP contribution < -0.4 is 76.1 Å². The summed E-state index contributed by atoms with van der Waals surface area (Å²) < 4.78 is 268. The molecule has 16 atom stereocenters. The summed E-state index contributed by atoms with van der Waals surface area (Å²) in [6, 6.07) is 19.3. The van der Waals surface area contributed by atoms with Crippen molar-refractivity contribution in [3.8, 4) is 46.0 Å². The van der Waals surface area contributed by atoms with Crippen LogP contribution in [-0.4, -0.2) is 169 Å². The summed E-state index contributed by atoms with van der Waals surface area (Å²) in [5.74, 6) is -11.8. The number of phosphoric acid groups is 4. The average Bonchev–Trinajstić information content (AvgIpc) is 1.53. The Hall–Kier alpha value is -9.93. The van der Waals surface area contributed by atoms with Crippen molar-refractivity contribution < 1.29 is 161 Å². The minimum atomic E-state index is -4.74. The van der Waals surface area contributed by atoms with E-state index in [1.807, 2.05) is 9.97 Å². The number of aromatic nitrogens is 6. The summed E-state index contributed by atoms with van der Waals surface area (Å²) in [4.78, 5) is 89.5. The summed E-state index contributed by atoms with van der Waals surface area (Å²) in [7, 11) is -12.5. The van der Waals surface area contributed by atoms with Gasteiger partial charge in [-0.15, -0.1) is 0 Å². The van der Waals surface area contributed by atoms with Crippen molar-refractivity contribution >= 4 is 37.2 Å². The van der Waals surface area contributed by atoms with Gasteiger partial charge in [-0.05, 0) is 52.0 Å². The van der Waals surface area contributed by atoms with Crippen LogP contribution in [0.5, 0.6) is 46.0 Å². The molecule has 7 aromatic rings. The number of nitrogens with zero attached hydrogens (tertiary/aromatic N) is 4. The molecule has 0 aliphatic carbocycles. The number of benzene rings is 4. The SMILES string of the molecule is COc1cccc2c1OP(=O)(OC[C@]1(F)C[C@@H](O)[C@H](n3cc(C)c(=O)[nH]c3=O)O1)OC2.[2H]C([2H])(OP1(=O)OCc2cccc(OC)c2O1)[C@]1(F)C[C@@H](O)[C@H](n2cc(C)c(=O)[nH]c2=O)O1.[2H]C([2H])(OP1(=O)OCc2cccc(OC)c2O1)[C@]1(F)C[C@@H](O)[C@]([2H])(N2C=C(C)C(=O)NC2=C)O1.[2H][C@@]1(n2cc(C)c(=O)[nH]c2=O)O[C@](F)(COP2(=O)OCc3cccc(OC)c3O2)C[C@H]1O. The number of alkyl halides is 4. The number of methoxy groups -OCH3 is 4. The smallest absolute Gasteiger partial charge is 0.493 e. The lowest BCUT2D eigenvalue weighted by atomic mass is 10.1. The zero-order valence-corrected chi connectivity index (χ0v) is 69.6. The van der Waals surface area contributed by atoms with Gasteiger partial charge in [0.1, 0.15) is 56.6 Å². The van der Waals surface area contributed by atoms with Gasteiger partial charge < -0.3 is 86.6 Å². The van der Waals surface area contributed by atoms with Gasteiger partial charge in [0.15, 0.2) is 70.9 Å². The minimum absolute atomic E-state index is 0.0150. The van der Waals surface area contributed by atoms with Crippen molar-refractivity contribution in [2.45, 2.75) is 153 Å². The number of hydrogen-bond donors (Lipinski definition) is 8. The minimum Gasteiger partial charge on any atom is -0.493 e. The fourth-order valence-electron chi connectivity index (χ4n) is 12.8. The number of amides is 1. The molecule has 0 bridgehead atoms. The first-order valence-electron chi connectivity index (χ1n) is 39.5. The molecule has 124 heavy (non-hydrogen) atoms. The highest BCUT2D eigenvalue weighted by Crippen LogP contribution is 2.62. The highest BCUT2D eigenvalue weighted by Gasteiger charge is 2.56. The maximum absolute atomic E-state index is 15.8. The monoisotopic (exact) mass is 1840 g/mol. The topological polar surface area (TPSA) is 531 Å². The maximum Gasteiger partial charge on any atom is 0.530 e. The summed E-state index contributed by atoms with van der Waals surface area (Å²) in [5.41, 5.74) is -2.55. The molecule has 43 nitrogen and oxygen atoms in total. The fraction of sp³-hybridized carbons (Fsp3) is 0.438. The molecule has 0 spiro atoms. The van der Waals surface area contributed by atoms with E-state index >= 15 is 17.6 Å². The number of aryl methyl sites for hydroxylation is 3. The van der Waals surface area contributed by atoms with Crippen LogP contribution in [0.2, 0.25) is 0 Å². The number of fused-ring (bicyclic) bond motifs is 4. The molecule has 0 radical (unpaired) electrons. The number of nitrogens with one attached hydrogen (secondary N) is 4.